The Morgan fingerprint density at radius 3 is 2.57 bits per heavy atom. The van der Waals surface area contributed by atoms with Crippen LogP contribution in [-0.2, 0) is 12.0 Å². The van der Waals surface area contributed by atoms with Gasteiger partial charge in [0.25, 0.3) is 0 Å². The van der Waals surface area contributed by atoms with Gasteiger partial charge in [-0.25, -0.2) is 9.78 Å². The van der Waals surface area contributed by atoms with Crippen LogP contribution in [0.5, 0.6) is 0 Å². The largest absolute Gasteiger partial charge is 0.396 e. The highest BCUT2D eigenvalue weighted by Crippen LogP contribution is 2.34. The summed E-state index contributed by atoms with van der Waals surface area (Å²) in [6, 6.07) is -0.0276. The number of aromatic nitrogens is 1. The summed E-state index contributed by atoms with van der Waals surface area (Å²) in [7, 11) is 0. The van der Waals surface area contributed by atoms with Crippen molar-refractivity contribution in [2.45, 2.75) is 58.9 Å². The second kappa shape index (κ2) is 7.18. The van der Waals surface area contributed by atoms with Crippen molar-refractivity contribution in [2.24, 2.45) is 5.41 Å². The predicted molar refractivity (Wildman–Crippen MR) is 93.7 cm³/mol. The first-order valence-corrected chi connectivity index (χ1v) is 9.26. The minimum atomic E-state index is -0.0276. The maximum absolute atomic E-state index is 12.3. The Labute approximate surface area is 143 Å². The van der Waals surface area contributed by atoms with E-state index in [1.54, 1.807) is 11.3 Å². The van der Waals surface area contributed by atoms with Gasteiger partial charge in [-0.1, -0.05) is 27.7 Å². The number of amides is 2. The summed E-state index contributed by atoms with van der Waals surface area (Å²) in [6.45, 7) is 10.7. The topological polar surface area (TPSA) is 65.5 Å². The lowest BCUT2D eigenvalue weighted by Gasteiger charge is -2.40. The molecule has 0 aromatic carbocycles. The average Bonchev–Trinajstić information content (AvgIpc) is 3.02. The normalized spacial score (nSPS) is 18.0. The van der Waals surface area contributed by atoms with Gasteiger partial charge in [0, 0.05) is 30.5 Å². The third-order valence-electron chi connectivity index (χ3n) is 4.91. The summed E-state index contributed by atoms with van der Waals surface area (Å²) in [6.07, 6.45) is 2.71. The van der Waals surface area contributed by atoms with Gasteiger partial charge in [0.05, 0.1) is 12.2 Å². The van der Waals surface area contributed by atoms with Crippen molar-refractivity contribution in [1.29, 1.82) is 0 Å². The van der Waals surface area contributed by atoms with Crippen LogP contribution in [-0.4, -0.2) is 40.7 Å². The number of piperidine rings is 1. The van der Waals surface area contributed by atoms with Gasteiger partial charge in [-0.05, 0) is 24.7 Å². The second-order valence-corrected chi connectivity index (χ2v) is 8.48. The first-order chi connectivity index (χ1) is 10.8. The number of likely N-dealkylation sites (tertiary alicyclic amines) is 1. The highest BCUT2D eigenvalue weighted by Gasteiger charge is 2.33. The minimum absolute atomic E-state index is 0.00764. The number of carbonyl (C=O) groups is 1. The van der Waals surface area contributed by atoms with E-state index in [9.17, 15) is 9.90 Å². The molecule has 2 rings (SSSR count). The number of aliphatic hydroxyl groups excluding tert-OH is 1. The van der Waals surface area contributed by atoms with E-state index in [2.05, 4.69) is 43.4 Å². The van der Waals surface area contributed by atoms with Crippen molar-refractivity contribution in [1.82, 2.24) is 15.2 Å². The van der Waals surface area contributed by atoms with Gasteiger partial charge < -0.3 is 15.3 Å². The van der Waals surface area contributed by atoms with Gasteiger partial charge in [0.1, 0.15) is 5.01 Å². The zero-order valence-electron chi connectivity index (χ0n) is 14.7. The quantitative estimate of drug-likeness (QED) is 0.886. The third-order valence-corrected chi connectivity index (χ3v) is 5.76. The Hall–Kier alpha value is -1.14. The van der Waals surface area contributed by atoms with Crippen LogP contribution in [0.25, 0.3) is 0 Å². The van der Waals surface area contributed by atoms with Crippen LogP contribution in [0.2, 0.25) is 0 Å². The highest BCUT2D eigenvalue weighted by atomic mass is 32.1. The van der Waals surface area contributed by atoms with E-state index < -0.39 is 0 Å². The SMILES string of the molecule is CCC1(CO)CCN(C(=O)NCc2nc(C(C)(C)C)cs2)CC1. The molecule has 0 unspecified atom stereocenters. The van der Waals surface area contributed by atoms with Crippen LogP contribution in [0.4, 0.5) is 4.79 Å². The Bertz CT molecular complexity index is 522. The molecule has 5 nitrogen and oxygen atoms in total. The molecule has 1 fully saturated rings. The highest BCUT2D eigenvalue weighted by molar-refractivity contribution is 7.09. The molecule has 130 valence electrons. The van der Waals surface area contributed by atoms with E-state index in [4.69, 9.17) is 0 Å². The number of aliphatic hydroxyl groups is 1. The summed E-state index contributed by atoms with van der Waals surface area (Å²) in [5.74, 6) is 0. The lowest BCUT2D eigenvalue weighted by molar-refractivity contribution is 0.0519. The van der Waals surface area contributed by atoms with Crippen molar-refractivity contribution in [3.63, 3.8) is 0 Å². The molecule has 0 saturated carbocycles. The van der Waals surface area contributed by atoms with Crippen LogP contribution in [0.1, 0.15) is 57.7 Å². The summed E-state index contributed by atoms with van der Waals surface area (Å²) < 4.78 is 0. The molecule has 2 amide bonds. The molecule has 2 N–H and O–H groups in total. The summed E-state index contributed by atoms with van der Waals surface area (Å²) in [4.78, 5) is 18.7. The Kier molecular flexibility index (Phi) is 5.68. The maximum Gasteiger partial charge on any atom is 0.317 e. The molecule has 0 bridgehead atoms. The molecule has 1 aromatic heterocycles. The molecule has 23 heavy (non-hydrogen) atoms. The molecule has 1 aromatic rings. The summed E-state index contributed by atoms with van der Waals surface area (Å²) >= 11 is 1.59. The van der Waals surface area contributed by atoms with Crippen molar-refractivity contribution in [3.8, 4) is 0 Å². The molecular formula is C17H29N3O2S. The monoisotopic (exact) mass is 339 g/mol. The number of nitrogens with zero attached hydrogens (tertiary/aromatic N) is 2. The lowest BCUT2D eigenvalue weighted by atomic mass is 9.77. The number of hydrogen-bond acceptors (Lipinski definition) is 4. The van der Waals surface area contributed by atoms with Crippen LogP contribution in [0, 0.1) is 5.41 Å². The van der Waals surface area contributed by atoms with Crippen LogP contribution >= 0.6 is 11.3 Å². The van der Waals surface area contributed by atoms with E-state index in [-0.39, 0.29) is 23.5 Å². The molecule has 1 aliphatic rings. The van der Waals surface area contributed by atoms with Crippen molar-refractivity contribution >= 4 is 17.4 Å². The summed E-state index contributed by atoms with van der Waals surface area (Å²) in [5, 5.41) is 15.5. The van der Waals surface area contributed by atoms with Crippen molar-refractivity contribution in [2.75, 3.05) is 19.7 Å². The molecular weight excluding hydrogens is 310 g/mol. The third kappa shape index (κ3) is 4.44. The van der Waals surface area contributed by atoms with E-state index in [1.807, 2.05) is 4.90 Å². The first-order valence-electron chi connectivity index (χ1n) is 8.38. The van der Waals surface area contributed by atoms with Gasteiger partial charge in [0.15, 0.2) is 0 Å². The number of carbonyl (C=O) groups excluding carboxylic acids is 1. The number of urea groups is 1. The summed E-state index contributed by atoms with van der Waals surface area (Å²) in [5.41, 5.74) is 1.12. The minimum Gasteiger partial charge on any atom is -0.396 e. The van der Waals surface area contributed by atoms with Crippen molar-refractivity contribution < 1.29 is 9.90 Å². The number of hydrogen-bond donors (Lipinski definition) is 2. The molecule has 0 spiro atoms. The fourth-order valence-corrected chi connectivity index (χ4v) is 3.77. The molecule has 1 saturated heterocycles. The zero-order chi connectivity index (χ0) is 17.1. The molecule has 6 heteroatoms. The van der Waals surface area contributed by atoms with E-state index >= 15 is 0 Å². The fraction of sp³-hybridized carbons (Fsp3) is 0.765. The number of rotatable bonds is 4. The smallest absolute Gasteiger partial charge is 0.317 e. The van der Waals surface area contributed by atoms with Gasteiger partial charge in [-0.2, -0.15) is 0 Å². The average molecular weight is 340 g/mol. The van der Waals surface area contributed by atoms with Crippen LogP contribution < -0.4 is 5.32 Å². The predicted octanol–water partition coefficient (Wildman–Crippen LogP) is 3.13. The zero-order valence-corrected chi connectivity index (χ0v) is 15.5. The fourth-order valence-electron chi connectivity index (χ4n) is 2.81. The number of thiazole rings is 1. The molecule has 0 aliphatic carbocycles. The Balaban J connectivity index is 1.83. The van der Waals surface area contributed by atoms with Gasteiger partial charge in [-0.3, -0.25) is 0 Å². The standard InChI is InChI=1S/C17H29N3O2S/c1-5-17(12-21)6-8-20(9-7-17)15(22)18-10-14-19-13(11-23-14)16(2,3)4/h11,21H,5-10,12H2,1-4H3,(H,18,22). The Morgan fingerprint density at radius 1 is 1.43 bits per heavy atom. The van der Waals surface area contributed by atoms with Crippen LogP contribution in [0.15, 0.2) is 5.38 Å². The van der Waals surface area contributed by atoms with E-state index in [1.165, 1.54) is 0 Å². The molecule has 2 heterocycles. The van der Waals surface area contributed by atoms with Gasteiger partial charge in [0.2, 0.25) is 0 Å². The van der Waals surface area contributed by atoms with E-state index in [0.717, 1.165) is 30.0 Å². The van der Waals surface area contributed by atoms with Gasteiger partial charge >= 0.3 is 6.03 Å². The molecule has 1 aliphatic heterocycles. The lowest BCUT2D eigenvalue weighted by Crippen LogP contribution is -2.48. The Morgan fingerprint density at radius 2 is 2.09 bits per heavy atom. The van der Waals surface area contributed by atoms with Crippen LogP contribution in [0.3, 0.4) is 0 Å². The molecule has 0 radical (unpaired) electrons. The maximum atomic E-state index is 12.3. The van der Waals surface area contributed by atoms with E-state index in [0.29, 0.717) is 19.6 Å². The molecule has 0 atom stereocenters. The second-order valence-electron chi connectivity index (χ2n) is 7.53. The van der Waals surface area contributed by atoms with Gasteiger partial charge in [-0.15, -0.1) is 11.3 Å². The van der Waals surface area contributed by atoms with Crippen molar-refractivity contribution in [3.05, 3.63) is 16.1 Å². The first kappa shape index (κ1) is 18.2. The number of nitrogens with one attached hydrogen (secondary N) is 1.